The lowest BCUT2D eigenvalue weighted by molar-refractivity contribution is -0.119. The Morgan fingerprint density at radius 2 is 2.31 bits per heavy atom. The van der Waals surface area contributed by atoms with E-state index in [4.69, 9.17) is 10.2 Å². The van der Waals surface area contributed by atoms with E-state index in [9.17, 15) is 4.79 Å². The number of amides is 1. The Morgan fingerprint density at radius 1 is 1.56 bits per heavy atom. The highest BCUT2D eigenvalue weighted by molar-refractivity contribution is 5.80. The topological polar surface area (TPSA) is 97.3 Å². The Labute approximate surface area is 94.0 Å². The second kappa shape index (κ2) is 6.06. The highest BCUT2D eigenvalue weighted by Gasteiger charge is 2.12. The van der Waals surface area contributed by atoms with Crippen LogP contribution in [-0.4, -0.2) is 36.2 Å². The Morgan fingerprint density at radius 3 is 2.88 bits per heavy atom. The molecule has 7 nitrogen and oxygen atoms in total. The van der Waals surface area contributed by atoms with E-state index in [2.05, 4.69) is 15.5 Å². The van der Waals surface area contributed by atoms with E-state index in [1.165, 1.54) is 0 Å². The normalized spacial score (nSPS) is 10.2. The molecule has 1 rings (SSSR count). The highest BCUT2D eigenvalue weighted by Crippen LogP contribution is 2.08. The fraction of sp³-hybridized carbons (Fsp3) is 0.667. The molecule has 1 aromatic heterocycles. The molecule has 0 aliphatic rings. The van der Waals surface area contributed by atoms with Crippen molar-refractivity contribution in [2.24, 2.45) is 5.73 Å². The minimum absolute atomic E-state index is 0.0724. The SMILES string of the molecule is CCCNC(=O)CN(C)c1nnc(CN)o1. The zero-order valence-electron chi connectivity index (χ0n) is 9.56. The molecule has 0 aliphatic heterocycles. The summed E-state index contributed by atoms with van der Waals surface area (Å²) < 4.78 is 5.20. The molecule has 0 aromatic carbocycles. The number of hydrogen-bond acceptors (Lipinski definition) is 6. The first-order chi connectivity index (χ1) is 7.67. The van der Waals surface area contributed by atoms with E-state index >= 15 is 0 Å². The van der Waals surface area contributed by atoms with Gasteiger partial charge >= 0.3 is 6.01 Å². The van der Waals surface area contributed by atoms with Crippen molar-refractivity contribution in [2.75, 3.05) is 25.0 Å². The molecule has 0 atom stereocenters. The van der Waals surface area contributed by atoms with Gasteiger partial charge in [-0.15, -0.1) is 5.10 Å². The maximum atomic E-state index is 11.4. The number of carbonyl (C=O) groups excluding carboxylic acids is 1. The zero-order chi connectivity index (χ0) is 12.0. The summed E-state index contributed by atoms with van der Waals surface area (Å²) in [5, 5.41) is 10.2. The van der Waals surface area contributed by atoms with Crippen LogP contribution in [-0.2, 0) is 11.3 Å². The largest absolute Gasteiger partial charge is 0.407 e. The summed E-state index contributed by atoms with van der Waals surface area (Å²) in [6.07, 6.45) is 0.910. The van der Waals surface area contributed by atoms with Gasteiger partial charge in [0, 0.05) is 13.6 Å². The molecule has 0 saturated carbocycles. The van der Waals surface area contributed by atoms with Gasteiger partial charge in [0.2, 0.25) is 11.8 Å². The second-order valence-corrected chi connectivity index (χ2v) is 3.39. The minimum atomic E-state index is -0.0724. The van der Waals surface area contributed by atoms with Crippen LogP contribution in [0.4, 0.5) is 6.01 Å². The van der Waals surface area contributed by atoms with Crippen LogP contribution in [0.1, 0.15) is 19.2 Å². The van der Waals surface area contributed by atoms with E-state index in [1.54, 1.807) is 11.9 Å². The van der Waals surface area contributed by atoms with Crippen molar-refractivity contribution >= 4 is 11.9 Å². The van der Waals surface area contributed by atoms with Gasteiger partial charge in [-0.2, -0.15) is 0 Å². The van der Waals surface area contributed by atoms with Gasteiger partial charge in [0.05, 0.1) is 6.54 Å². The van der Waals surface area contributed by atoms with Crippen LogP contribution in [0, 0.1) is 0 Å². The van der Waals surface area contributed by atoms with Crippen LogP contribution in [0.15, 0.2) is 4.42 Å². The summed E-state index contributed by atoms with van der Waals surface area (Å²) in [5.41, 5.74) is 5.34. The lowest BCUT2D eigenvalue weighted by Crippen LogP contribution is -2.35. The van der Waals surface area contributed by atoms with Crippen molar-refractivity contribution in [2.45, 2.75) is 19.9 Å². The van der Waals surface area contributed by atoms with E-state index < -0.39 is 0 Å². The molecule has 0 fully saturated rings. The Kier molecular flexibility index (Phi) is 4.71. The third-order valence-corrected chi connectivity index (χ3v) is 1.91. The monoisotopic (exact) mass is 227 g/mol. The second-order valence-electron chi connectivity index (χ2n) is 3.39. The van der Waals surface area contributed by atoms with Crippen molar-refractivity contribution in [3.63, 3.8) is 0 Å². The van der Waals surface area contributed by atoms with Crippen LogP contribution < -0.4 is 16.0 Å². The summed E-state index contributed by atoms with van der Waals surface area (Å²) in [6.45, 7) is 3.05. The fourth-order valence-corrected chi connectivity index (χ4v) is 1.08. The maximum Gasteiger partial charge on any atom is 0.318 e. The molecule has 0 aliphatic carbocycles. The molecule has 7 heteroatoms. The Balaban J connectivity index is 2.45. The molecule has 1 heterocycles. The van der Waals surface area contributed by atoms with Crippen LogP contribution in [0.25, 0.3) is 0 Å². The number of nitrogens with zero attached hydrogens (tertiary/aromatic N) is 3. The number of nitrogens with two attached hydrogens (primary N) is 1. The molecule has 0 bridgehead atoms. The minimum Gasteiger partial charge on any atom is -0.407 e. The molecule has 0 radical (unpaired) electrons. The van der Waals surface area contributed by atoms with Crippen molar-refractivity contribution in [3.8, 4) is 0 Å². The van der Waals surface area contributed by atoms with Gasteiger partial charge in [0.15, 0.2) is 0 Å². The predicted octanol–water partition coefficient (Wildman–Crippen LogP) is -0.509. The number of rotatable bonds is 6. The van der Waals surface area contributed by atoms with Gasteiger partial charge < -0.3 is 20.4 Å². The first kappa shape index (κ1) is 12.4. The van der Waals surface area contributed by atoms with Gasteiger partial charge in [0.25, 0.3) is 0 Å². The summed E-state index contributed by atoms with van der Waals surface area (Å²) in [7, 11) is 1.71. The number of nitrogens with one attached hydrogen (secondary N) is 1. The van der Waals surface area contributed by atoms with E-state index in [0.717, 1.165) is 6.42 Å². The summed E-state index contributed by atoms with van der Waals surface area (Å²) in [5.74, 6) is 0.285. The summed E-state index contributed by atoms with van der Waals surface area (Å²) in [6, 6.07) is 0.298. The fourth-order valence-electron chi connectivity index (χ4n) is 1.08. The molecule has 90 valence electrons. The number of carbonyl (C=O) groups is 1. The number of anilines is 1. The number of aromatic nitrogens is 2. The molecule has 1 aromatic rings. The van der Waals surface area contributed by atoms with Crippen molar-refractivity contribution in [3.05, 3.63) is 5.89 Å². The van der Waals surface area contributed by atoms with Gasteiger partial charge in [-0.05, 0) is 6.42 Å². The zero-order valence-corrected chi connectivity index (χ0v) is 9.56. The molecular formula is C9H17N5O2. The number of likely N-dealkylation sites (N-methyl/N-ethyl adjacent to an activating group) is 1. The van der Waals surface area contributed by atoms with E-state index in [-0.39, 0.29) is 19.0 Å². The predicted molar refractivity (Wildman–Crippen MR) is 58.8 cm³/mol. The highest BCUT2D eigenvalue weighted by atomic mass is 16.4. The molecule has 3 N–H and O–H groups in total. The van der Waals surface area contributed by atoms with Crippen LogP contribution in [0.3, 0.4) is 0 Å². The van der Waals surface area contributed by atoms with Crippen LogP contribution in [0.5, 0.6) is 0 Å². The van der Waals surface area contributed by atoms with Crippen molar-refractivity contribution in [1.29, 1.82) is 0 Å². The first-order valence-electron chi connectivity index (χ1n) is 5.17. The van der Waals surface area contributed by atoms with Gasteiger partial charge in [-0.25, -0.2) is 0 Å². The average molecular weight is 227 g/mol. The van der Waals surface area contributed by atoms with Gasteiger partial charge in [-0.1, -0.05) is 12.0 Å². The molecule has 0 spiro atoms. The molecule has 0 saturated heterocycles. The Bertz CT molecular complexity index is 338. The van der Waals surface area contributed by atoms with Gasteiger partial charge in [0.1, 0.15) is 6.54 Å². The van der Waals surface area contributed by atoms with Crippen molar-refractivity contribution in [1.82, 2.24) is 15.5 Å². The summed E-state index contributed by atoms with van der Waals surface area (Å²) in [4.78, 5) is 13.0. The van der Waals surface area contributed by atoms with Crippen LogP contribution in [0.2, 0.25) is 0 Å². The lowest BCUT2D eigenvalue weighted by atomic mass is 10.4. The lowest BCUT2D eigenvalue weighted by Gasteiger charge is -2.12. The molecule has 16 heavy (non-hydrogen) atoms. The molecule has 0 unspecified atom stereocenters. The number of hydrogen-bond donors (Lipinski definition) is 2. The smallest absolute Gasteiger partial charge is 0.318 e. The van der Waals surface area contributed by atoms with E-state index in [0.29, 0.717) is 18.5 Å². The average Bonchev–Trinajstić information content (AvgIpc) is 2.74. The third kappa shape index (κ3) is 3.50. The van der Waals surface area contributed by atoms with Gasteiger partial charge in [-0.3, -0.25) is 4.79 Å². The quantitative estimate of drug-likeness (QED) is 0.679. The van der Waals surface area contributed by atoms with Crippen LogP contribution >= 0.6 is 0 Å². The molecule has 1 amide bonds. The maximum absolute atomic E-state index is 11.4. The first-order valence-corrected chi connectivity index (χ1v) is 5.17. The third-order valence-electron chi connectivity index (χ3n) is 1.91. The van der Waals surface area contributed by atoms with Crippen molar-refractivity contribution < 1.29 is 9.21 Å². The summed E-state index contributed by atoms with van der Waals surface area (Å²) >= 11 is 0. The standard InChI is InChI=1S/C9H17N5O2/c1-3-4-11-7(15)6-14(2)9-13-12-8(5-10)16-9/h3-6,10H2,1-2H3,(H,11,15). The van der Waals surface area contributed by atoms with E-state index in [1.807, 2.05) is 6.92 Å². The Hall–Kier alpha value is -1.63. The molecular weight excluding hydrogens is 210 g/mol.